The Hall–Kier alpha value is -1.60. The molecule has 2 aromatic carbocycles. The van der Waals surface area contributed by atoms with Gasteiger partial charge in [-0.25, -0.2) is 0 Å². The Balaban J connectivity index is 2.17. The van der Waals surface area contributed by atoms with Gasteiger partial charge in [-0.3, -0.25) is 0 Å². The van der Waals surface area contributed by atoms with Gasteiger partial charge in [0.2, 0.25) is 0 Å². The fourth-order valence-electron chi connectivity index (χ4n) is 2.48. The first-order valence-electron chi connectivity index (χ1n) is 7.66. The van der Waals surface area contributed by atoms with E-state index in [1.165, 1.54) is 28.7 Å². The van der Waals surface area contributed by atoms with Crippen LogP contribution in [0.3, 0.4) is 0 Å². The summed E-state index contributed by atoms with van der Waals surface area (Å²) < 4.78 is 0. The van der Waals surface area contributed by atoms with Crippen molar-refractivity contribution in [3.05, 3.63) is 59.7 Å². The van der Waals surface area contributed by atoms with Crippen molar-refractivity contribution in [1.29, 1.82) is 0 Å². The zero-order chi connectivity index (χ0) is 14.4. The van der Waals surface area contributed by atoms with Gasteiger partial charge >= 0.3 is 0 Å². The molecule has 2 N–H and O–H groups in total. The Morgan fingerprint density at radius 1 is 0.900 bits per heavy atom. The van der Waals surface area contributed by atoms with Crippen molar-refractivity contribution in [1.82, 2.24) is 0 Å². The Bertz CT molecular complexity index is 528. The third kappa shape index (κ3) is 3.94. The zero-order valence-electron chi connectivity index (χ0n) is 12.6. The molecule has 1 atom stereocenters. The molecule has 0 heterocycles. The lowest BCUT2D eigenvalue weighted by Crippen LogP contribution is -2.21. The molecule has 0 bridgehead atoms. The average molecular weight is 267 g/mol. The number of nitrogens with two attached hydrogens (primary N) is 1. The fraction of sp³-hybridized carbons (Fsp3) is 0.368. The molecule has 2 aromatic rings. The van der Waals surface area contributed by atoms with E-state index in [9.17, 15) is 0 Å². The van der Waals surface area contributed by atoms with Crippen molar-refractivity contribution in [2.75, 3.05) is 0 Å². The maximum atomic E-state index is 6.05. The van der Waals surface area contributed by atoms with Gasteiger partial charge in [-0.15, -0.1) is 0 Å². The van der Waals surface area contributed by atoms with E-state index in [2.05, 4.69) is 62.4 Å². The molecule has 20 heavy (non-hydrogen) atoms. The molecule has 0 saturated heterocycles. The summed E-state index contributed by atoms with van der Waals surface area (Å²) >= 11 is 0. The summed E-state index contributed by atoms with van der Waals surface area (Å²) in [6.07, 6.45) is 4.34. The third-order valence-electron chi connectivity index (χ3n) is 3.78. The van der Waals surface area contributed by atoms with E-state index in [-0.39, 0.29) is 6.04 Å². The molecule has 1 nitrogen and oxygen atoms in total. The van der Waals surface area contributed by atoms with E-state index in [1.54, 1.807) is 0 Å². The first-order valence-corrected chi connectivity index (χ1v) is 7.66. The Morgan fingerprint density at radius 2 is 1.65 bits per heavy atom. The Kier molecular flexibility index (Phi) is 5.37. The molecular weight excluding hydrogens is 242 g/mol. The van der Waals surface area contributed by atoms with Crippen molar-refractivity contribution >= 4 is 0 Å². The van der Waals surface area contributed by atoms with Gasteiger partial charge in [0.1, 0.15) is 0 Å². The summed E-state index contributed by atoms with van der Waals surface area (Å²) in [4.78, 5) is 0. The highest BCUT2D eigenvalue weighted by Crippen LogP contribution is 2.22. The minimum absolute atomic E-state index is 0.261. The first kappa shape index (κ1) is 14.8. The molecule has 0 amide bonds. The van der Waals surface area contributed by atoms with Crippen LogP contribution in [-0.2, 0) is 12.8 Å². The Morgan fingerprint density at radius 3 is 2.30 bits per heavy atom. The molecule has 0 radical (unpaired) electrons. The topological polar surface area (TPSA) is 26.0 Å². The molecule has 0 aliphatic rings. The van der Waals surface area contributed by atoms with E-state index in [1.807, 2.05) is 0 Å². The lowest BCUT2D eigenvalue weighted by molar-refractivity contribution is 0.646. The standard InChI is InChI=1S/C19H25N/c1-3-6-15-9-11-17(12-10-15)18-8-5-7-16(13-18)14-19(20)4-2/h5,7-13,19H,3-4,6,14,20H2,1-2H3. The van der Waals surface area contributed by atoms with Gasteiger partial charge in [0.25, 0.3) is 0 Å². The first-order chi connectivity index (χ1) is 9.72. The highest BCUT2D eigenvalue weighted by molar-refractivity contribution is 5.64. The van der Waals surface area contributed by atoms with Crippen molar-refractivity contribution in [2.24, 2.45) is 5.73 Å². The van der Waals surface area contributed by atoms with Crippen molar-refractivity contribution < 1.29 is 0 Å². The van der Waals surface area contributed by atoms with Crippen LogP contribution in [-0.4, -0.2) is 6.04 Å². The maximum absolute atomic E-state index is 6.05. The van der Waals surface area contributed by atoms with Crippen LogP contribution in [0.15, 0.2) is 48.5 Å². The van der Waals surface area contributed by atoms with E-state index < -0.39 is 0 Å². The molecule has 0 fully saturated rings. The fourth-order valence-corrected chi connectivity index (χ4v) is 2.48. The van der Waals surface area contributed by atoms with Crippen molar-refractivity contribution in [2.45, 2.75) is 45.6 Å². The maximum Gasteiger partial charge on any atom is 0.00767 e. The quantitative estimate of drug-likeness (QED) is 0.814. The SMILES string of the molecule is CCCc1ccc(-c2cccc(CC(N)CC)c2)cc1. The van der Waals surface area contributed by atoms with Gasteiger partial charge in [-0.2, -0.15) is 0 Å². The molecular formula is C19H25N. The predicted molar refractivity (Wildman–Crippen MR) is 87.8 cm³/mol. The number of hydrogen-bond donors (Lipinski definition) is 1. The number of benzene rings is 2. The van der Waals surface area contributed by atoms with E-state index in [0.717, 1.165) is 19.3 Å². The predicted octanol–water partition coefficient (Wildman–Crippen LogP) is 4.59. The summed E-state index contributed by atoms with van der Waals surface area (Å²) in [5.74, 6) is 0. The van der Waals surface area contributed by atoms with Crippen LogP contribution >= 0.6 is 0 Å². The molecule has 1 heteroatoms. The minimum atomic E-state index is 0.261. The lowest BCUT2D eigenvalue weighted by Gasteiger charge is -2.10. The smallest absolute Gasteiger partial charge is 0.00767 e. The van der Waals surface area contributed by atoms with Gasteiger partial charge in [0.15, 0.2) is 0 Å². The van der Waals surface area contributed by atoms with Gasteiger partial charge in [-0.1, -0.05) is 68.8 Å². The number of rotatable bonds is 6. The van der Waals surface area contributed by atoms with Crippen LogP contribution in [0.1, 0.15) is 37.8 Å². The van der Waals surface area contributed by atoms with E-state index >= 15 is 0 Å². The monoisotopic (exact) mass is 267 g/mol. The normalized spacial score (nSPS) is 12.3. The molecule has 0 spiro atoms. The minimum Gasteiger partial charge on any atom is -0.327 e. The molecule has 1 unspecified atom stereocenters. The third-order valence-corrected chi connectivity index (χ3v) is 3.78. The second-order valence-electron chi connectivity index (χ2n) is 5.52. The molecule has 0 aromatic heterocycles. The van der Waals surface area contributed by atoms with Crippen molar-refractivity contribution in [3.8, 4) is 11.1 Å². The van der Waals surface area contributed by atoms with Crippen LogP contribution in [0.4, 0.5) is 0 Å². The molecule has 0 aliphatic heterocycles. The molecule has 0 aliphatic carbocycles. The largest absolute Gasteiger partial charge is 0.327 e. The summed E-state index contributed by atoms with van der Waals surface area (Å²) in [5.41, 5.74) is 11.4. The zero-order valence-corrected chi connectivity index (χ0v) is 12.6. The van der Waals surface area contributed by atoms with E-state index in [0.29, 0.717) is 0 Å². The second-order valence-corrected chi connectivity index (χ2v) is 5.52. The summed E-state index contributed by atoms with van der Waals surface area (Å²) in [7, 11) is 0. The van der Waals surface area contributed by atoms with Crippen LogP contribution in [0, 0.1) is 0 Å². The van der Waals surface area contributed by atoms with Gasteiger partial charge in [0, 0.05) is 6.04 Å². The van der Waals surface area contributed by atoms with Crippen LogP contribution in [0.2, 0.25) is 0 Å². The lowest BCUT2D eigenvalue weighted by atomic mass is 9.98. The highest BCUT2D eigenvalue weighted by atomic mass is 14.6. The van der Waals surface area contributed by atoms with Crippen LogP contribution < -0.4 is 5.73 Å². The Labute approximate surface area is 122 Å². The molecule has 106 valence electrons. The van der Waals surface area contributed by atoms with Crippen LogP contribution in [0.5, 0.6) is 0 Å². The summed E-state index contributed by atoms with van der Waals surface area (Å²) in [6, 6.07) is 17.9. The average Bonchev–Trinajstić information content (AvgIpc) is 2.48. The second kappa shape index (κ2) is 7.25. The molecule has 2 rings (SSSR count). The van der Waals surface area contributed by atoms with Crippen molar-refractivity contribution in [3.63, 3.8) is 0 Å². The summed E-state index contributed by atoms with van der Waals surface area (Å²) in [6.45, 7) is 4.36. The van der Waals surface area contributed by atoms with Gasteiger partial charge in [0.05, 0.1) is 0 Å². The number of hydrogen-bond acceptors (Lipinski definition) is 1. The summed E-state index contributed by atoms with van der Waals surface area (Å²) in [5, 5.41) is 0. The molecule has 0 saturated carbocycles. The van der Waals surface area contributed by atoms with Gasteiger partial charge in [-0.05, 0) is 41.5 Å². The number of aryl methyl sites for hydroxylation is 1. The highest BCUT2D eigenvalue weighted by Gasteiger charge is 2.04. The van der Waals surface area contributed by atoms with Gasteiger partial charge < -0.3 is 5.73 Å². The van der Waals surface area contributed by atoms with E-state index in [4.69, 9.17) is 5.73 Å². The van der Waals surface area contributed by atoms with Crippen LogP contribution in [0.25, 0.3) is 11.1 Å².